The van der Waals surface area contributed by atoms with Gasteiger partial charge in [0.2, 0.25) is 0 Å². The first-order chi connectivity index (χ1) is 7.42. The van der Waals surface area contributed by atoms with E-state index in [4.69, 9.17) is 10.5 Å². The van der Waals surface area contributed by atoms with Gasteiger partial charge in [0.25, 0.3) is 0 Å². The summed E-state index contributed by atoms with van der Waals surface area (Å²) in [5.41, 5.74) is 6.92. The predicted octanol–water partition coefficient (Wildman–Crippen LogP) is 1.04. The zero-order valence-corrected chi connectivity index (χ0v) is 10.6. The van der Waals surface area contributed by atoms with Crippen molar-refractivity contribution in [1.29, 1.82) is 0 Å². The lowest BCUT2D eigenvalue weighted by molar-refractivity contribution is 0.408. The van der Waals surface area contributed by atoms with Crippen LogP contribution < -0.4 is 10.5 Å². The summed E-state index contributed by atoms with van der Waals surface area (Å²) in [7, 11) is -1.69. The Bertz CT molecular complexity index is 457. The summed E-state index contributed by atoms with van der Waals surface area (Å²) in [6.07, 6.45) is 0. The molecular weight excluding hydrogens is 226 g/mol. The van der Waals surface area contributed by atoms with Gasteiger partial charge >= 0.3 is 0 Å². The Morgan fingerprint density at radius 2 is 1.75 bits per heavy atom. The lowest BCUT2D eigenvalue weighted by Crippen LogP contribution is -2.16. The molecule has 1 rings (SSSR count). The molecule has 0 atom stereocenters. The Morgan fingerprint density at radius 3 is 2.12 bits per heavy atom. The van der Waals surface area contributed by atoms with Gasteiger partial charge in [-0.3, -0.25) is 0 Å². The zero-order chi connectivity index (χ0) is 12.3. The van der Waals surface area contributed by atoms with Crippen LogP contribution in [0, 0.1) is 13.8 Å². The standard InChI is InChI=1S/C11H17NO3S/c1-8-6-10(16(13,14)5-4-12)7-9(2)11(8)15-3/h6-7H,4-5,12H2,1-3H3. The highest BCUT2D eigenvalue weighted by molar-refractivity contribution is 7.91. The number of ether oxygens (including phenoxy) is 1. The fourth-order valence-corrected chi connectivity index (χ4v) is 2.94. The molecule has 1 aromatic carbocycles. The second-order valence-corrected chi connectivity index (χ2v) is 5.81. The van der Waals surface area contributed by atoms with Gasteiger partial charge in [-0.05, 0) is 37.1 Å². The molecule has 0 aromatic heterocycles. The second-order valence-electron chi connectivity index (χ2n) is 3.70. The molecule has 1 aromatic rings. The van der Waals surface area contributed by atoms with Crippen LogP contribution in [0.3, 0.4) is 0 Å². The van der Waals surface area contributed by atoms with Crippen molar-refractivity contribution in [1.82, 2.24) is 0 Å². The minimum Gasteiger partial charge on any atom is -0.496 e. The van der Waals surface area contributed by atoms with Gasteiger partial charge in [-0.25, -0.2) is 8.42 Å². The summed E-state index contributed by atoms with van der Waals surface area (Å²) in [6.45, 7) is 3.78. The molecule has 2 N–H and O–H groups in total. The highest BCUT2D eigenvalue weighted by atomic mass is 32.2. The monoisotopic (exact) mass is 243 g/mol. The van der Waals surface area contributed by atoms with E-state index in [-0.39, 0.29) is 12.3 Å². The molecule has 90 valence electrons. The van der Waals surface area contributed by atoms with E-state index in [1.54, 1.807) is 19.2 Å². The summed E-state index contributed by atoms with van der Waals surface area (Å²) in [5, 5.41) is 0. The van der Waals surface area contributed by atoms with Crippen LogP contribution in [0.5, 0.6) is 5.75 Å². The van der Waals surface area contributed by atoms with Gasteiger partial charge in [0.15, 0.2) is 9.84 Å². The van der Waals surface area contributed by atoms with E-state index in [2.05, 4.69) is 0 Å². The van der Waals surface area contributed by atoms with Crippen LogP contribution in [0.15, 0.2) is 17.0 Å². The topological polar surface area (TPSA) is 69.4 Å². The van der Waals surface area contributed by atoms with E-state index in [9.17, 15) is 8.42 Å². The minimum absolute atomic E-state index is 0.0296. The quantitative estimate of drug-likeness (QED) is 0.858. The Morgan fingerprint density at radius 1 is 1.25 bits per heavy atom. The zero-order valence-electron chi connectivity index (χ0n) is 9.78. The maximum absolute atomic E-state index is 11.8. The molecule has 0 radical (unpaired) electrons. The Balaban J connectivity index is 3.29. The number of sulfone groups is 1. The van der Waals surface area contributed by atoms with Crippen molar-refractivity contribution >= 4 is 9.84 Å². The lowest BCUT2D eigenvalue weighted by Gasteiger charge is -2.11. The van der Waals surface area contributed by atoms with E-state index in [1.165, 1.54) is 0 Å². The summed E-state index contributed by atoms with van der Waals surface area (Å²) in [6, 6.07) is 3.24. The average Bonchev–Trinajstić information content (AvgIpc) is 2.17. The number of hydrogen-bond donors (Lipinski definition) is 1. The molecule has 0 spiro atoms. The van der Waals surface area contributed by atoms with Gasteiger partial charge in [0, 0.05) is 6.54 Å². The molecule has 0 amide bonds. The van der Waals surface area contributed by atoms with Crippen LogP contribution in [-0.2, 0) is 9.84 Å². The normalized spacial score (nSPS) is 11.5. The van der Waals surface area contributed by atoms with E-state index >= 15 is 0 Å². The SMILES string of the molecule is COc1c(C)cc(S(=O)(=O)CCN)cc1C. The van der Waals surface area contributed by atoms with Gasteiger partial charge in [0.1, 0.15) is 5.75 Å². The molecule has 0 saturated heterocycles. The van der Waals surface area contributed by atoms with E-state index in [1.807, 2.05) is 13.8 Å². The van der Waals surface area contributed by atoms with Crippen LogP contribution in [0.2, 0.25) is 0 Å². The Hall–Kier alpha value is -1.07. The molecular formula is C11H17NO3S. The molecule has 5 heteroatoms. The Kier molecular flexibility index (Phi) is 3.93. The number of benzene rings is 1. The molecule has 0 unspecified atom stereocenters. The van der Waals surface area contributed by atoms with Crippen molar-refractivity contribution in [2.24, 2.45) is 5.73 Å². The van der Waals surface area contributed by atoms with Crippen LogP contribution in [0.25, 0.3) is 0 Å². The van der Waals surface area contributed by atoms with Crippen molar-refractivity contribution in [2.75, 3.05) is 19.4 Å². The number of methoxy groups -OCH3 is 1. The summed E-state index contributed by atoms with van der Waals surface area (Å²) in [5.74, 6) is 0.699. The summed E-state index contributed by atoms with van der Waals surface area (Å²) >= 11 is 0. The van der Waals surface area contributed by atoms with Crippen LogP contribution in [0.4, 0.5) is 0 Å². The van der Waals surface area contributed by atoms with Crippen molar-refractivity contribution in [3.8, 4) is 5.75 Å². The van der Waals surface area contributed by atoms with Gasteiger partial charge in [0.05, 0.1) is 17.8 Å². The first kappa shape index (κ1) is 13.0. The highest BCUT2D eigenvalue weighted by Crippen LogP contribution is 2.26. The fourth-order valence-electron chi connectivity index (χ4n) is 1.69. The van der Waals surface area contributed by atoms with Gasteiger partial charge < -0.3 is 10.5 Å². The number of nitrogens with two attached hydrogens (primary N) is 1. The van der Waals surface area contributed by atoms with Gasteiger partial charge in [-0.15, -0.1) is 0 Å². The first-order valence-electron chi connectivity index (χ1n) is 5.00. The minimum atomic E-state index is -3.26. The lowest BCUT2D eigenvalue weighted by atomic mass is 10.1. The predicted molar refractivity (Wildman–Crippen MR) is 63.6 cm³/mol. The Labute approximate surface area is 96.3 Å². The van der Waals surface area contributed by atoms with Crippen LogP contribution >= 0.6 is 0 Å². The molecule has 0 aliphatic heterocycles. The van der Waals surface area contributed by atoms with E-state index in [0.29, 0.717) is 4.90 Å². The third-order valence-electron chi connectivity index (χ3n) is 2.38. The van der Waals surface area contributed by atoms with Gasteiger partial charge in [-0.2, -0.15) is 0 Å². The molecule has 0 heterocycles. The van der Waals surface area contributed by atoms with E-state index < -0.39 is 9.84 Å². The van der Waals surface area contributed by atoms with Crippen molar-refractivity contribution in [2.45, 2.75) is 18.7 Å². The second kappa shape index (κ2) is 4.84. The summed E-state index contributed by atoms with van der Waals surface area (Å²) in [4.78, 5) is 0.314. The fraction of sp³-hybridized carbons (Fsp3) is 0.455. The first-order valence-corrected chi connectivity index (χ1v) is 6.65. The van der Waals surface area contributed by atoms with E-state index in [0.717, 1.165) is 16.9 Å². The van der Waals surface area contributed by atoms with Crippen LogP contribution in [-0.4, -0.2) is 27.8 Å². The third-order valence-corrected chi connectivity index (χ3v) is 4.11. The van der Waals surface area contributed by atoms with Crippen LogP contribution in [0.1, 0.15) is 11.1 Å². The van der Waals surface area contributed by atoms with Gasteiger partial charge in [-0.1, -0.05) is 0 Å². The maximum Gasteiger partial charge on any atom is 0.179 e. The molecule has 0 aliphatic rings. The van der Waals surface area contributed by atoms with Crippen molar-refractivity contribution < 1.29 is 13.2 Å². The molecule has 0 aliphatic carbocycles. The summed E-state index contributed by atoms with van der Waals surface area (Å²) < 4.78 is 28.8. The highest BCUT2D eigenvalue weighted by Gasteiger charge is 2.16. The number of rotatable bonds is 4. The van der Waals surface area contributed by atoms with Crippen molar-refractivity contribution in [3.05, 3.63) is 23.3 Å². The average molecular weight is 243 g/mol. The largest absolute Gasteiger partial charge is 0.496 e. The smallest absolute Gasteiger partial charge is 0.179 e. The van der Waals surface area contributed by atoms with Crippen molar-refractivity contribution in [3.63, 3.8) is 0 Å². The maximum atomic E-state index is 11.8. The molecule has 4 nitrogen and oxygen atoms in total. The third kappa shape index (κ3) is 2.54. The number of hydrogen-bond acceptors (Lipinski definition) is 4. The molecule has 0 saturated carbocycles. The number of aryl methyl sites for hydroxylation is 2. The molecule has 0 bridgehead atoms. The molecule has 16 heavy (non-hydrogen) atoms. The molecule has 0 fully saturated rings.